The van der Waals surface area contributed by atoms with Crippen LogP contribution in [0.5, 0.6) is 11.5 Å². The fourth-order valence-corrected chi connectivity index (χ4v) is 2.67. The molecule has 1 aromatic carbocycles. The van der Waals surface area contributed by atoms with E-state index in [1.165, 1.54) is 12.8 Å². The van der Waals surface area contributed by atoms with Gasteiger partial charge in [-0.15, -0.1) is 0 Å². The molecular formula is C19H20NO2. The zero-order chi connectivity index (χ0) is 15.2. The largest absolute Gasteiger partial charge is 0.493 e. The number of ether oxygens (including phenoxy) is 2. The molecule has 1 heterocycles. The fraction of sp³-hybridized carbons (Fsp3) is 0.316. The minimum absolute atomic E-state index is 0.313. The van der Waals surface area contributed by atoms with Crippen molar-refractivity contribution in [3.8, 4) is 11.5 Å². The Kier molecular flexibility index (Phi) is 4.74. The smallest absolute Gasteiger partial charge is 0.162 e. The van der Waals surface area contributed by atoms with Crippen molar-refractivity contribution in [2.45, 2.75) is 31.8 Å². The lowest BCUT2D eigenvalue weighted by molar-refractivity contribution is 0.200. The van der Waals surface area contributed by atoms with Crippen LogP contribution in [0, 0.1) is 6.08 Å². The summed E-state index contributed by atoms with van der Waals surface area (Å²) in [6.45, 7) is 0. The van der Waals surface area contributed by atoms with Gasteiger partial charge in [-0.25, -0.2) is 0 Å². The van der Waals surface area contributed by atoms with E-state index >= 15 is 0 Å². The fourth-order valence-electron chi connectivity index (χ4n) is 2.67. The normalized spacial score (nSPS) is 15.3. The van der Waals surface area contributed by atoms with E-state index in [4.69, 9.17) is 9.47 Å². The first kappa shape index (κ1) is 14.6. The summed E-state index contributed by atoms with van der Waals surface area (Å²) >= 11 is 0. The molecule has 0 atom stereocenters. The third kappa shape index (κ3) is 3.67. The number of benzene rings is 1. The Morgan fingerprint density at radius 2 is 1.86 bits per heavy atom. The van der Waals surface area contributed by atoms with Crippen molar-refractivity contribution in [3.05, 3.63) is 59.9 Å². The molecule has 1 aliphatic rings. The van der Waals surface area contributed by atoms with Gasteiger partial charge >= 0.3 is 0 Å². The molecule has 22 heavy (non-hydrogen) atoms. The molecule has 0 unspecified atom stereocenters. The lowest BCUT2D eigenvalue weighted by Crippen LogP contribution is -2.11. The van der Waals surface area contributed by atoms with Crippen LogP contribution in [-0.2, 0) is 0 Å². The van der Waals surface area contributed by atoms with Crippen LogP contribution in [0.1, 0.15) is 36.8 Å². The summed E-state index contributed by atoms with van der Waals surface area (Å²) in [6, 6.07) is 9.82. The standard InChI is InChI=1S/C19H20NO2/c1-21-18-9-8-16(7-6-15-10-12-20-13-11-15)14-19(18)22-17-4-2-3-5-17/h6,8-14,17H,2-5H2,1H3. The molecule has 1 fully saturated rings. The first-order valence-corrected chi connectivity index (χ1v) is 7.69. The summed E-state index contributed by atoms with van der Waals surface area (Å²) in [6.07, 6.45) is 13.9. The topological polar surface area (TPSA) is 31.4 Å². The lowest BCUT2D eigenvalue weighted by Gasteiger charge is -2.16. The van der Waals surface area contributed by atoms with Gasteiger partial charge in [-0.2, -0.15) is 0 Å². The van der Waals surface area contributed by atoms with E-state index in [2.05, 4.69) is 11.1 Å². The lowest BCUT2D eigenvalue weighted by atomic mass is 10.1. The number of nitrogens with zero attached hydrogens (tertiary/aromatic N) is 1. The zero-order valence-corrected chi connectivity index (χ0v) is 12.8. The van der Waals surface area contributed by atoms with E-state index in [0.717, 1.165) is 35.5 Å². The average Bonchev–Trinajstić information content (AvgIpc) is 3.07. The van der Waals surface area contributed by atoms with Crippen molar-refractivity contribution in [2.24, 2.45) is 0 Å². The molecular weight excluding hydrogens is 274 g/mol. The molecule has 0 amide bonds. The van der Waals surface area contributed by atoms with Crippen LogP contribution in [0.2, 0.25) is 0 Å². The highest BCUT2D eigenvalue weighted by Gasteiger charge is 2.18. The Morgan fingerprint density at radius 1 is 1.09 bits per heavy atom. The van der Waals surface area contributed by atoms with Crippen molar-refractivity contribution >= 4 is 6.08 Å². The van der Waals surface area contributed by atoms with Gasteiger partial charge in [-0.3, -0.25) is 4.98 Å². The predicted octanol–water partition coefficient (Wildman–Crippen LogP) is 4.28. The molecule has 1 aliphatic carbocycles. The van der Waals surface area contributed by atoms with Crippen molar-refractivity contribution in [1.82, 2.24) is 4.98 Å². The Labute approximate surface area is 131 Å². The van der Waals surface area contributed by atoms with E-state index in [-0.39, 0.29) is 0 Å². The summed E-state index contributed by atoms with van der Waals surface area (Å²) in [5, 5.41) is 0. The van der Waals surface area contributed by atoms with Gasteiger partial charge in [0.25, 0.3) is 0 Å². The van der Waals surface area contributed by atoms with Crippen LogP contribution in [0.25, 0.3) is 6.08 Å². The second kappa shape index (κ2) is 7.12. The summed E-state index contributed by atoms with van der Waals surface area (Å²) in [5.74, 6) is 1.59. The third-order valence-electron chi connectivity index (χ3n) is 3.87. The summed E-state index contributed by atoms with van der Waals surface area (Å²) in [5.41, 5.74) is 2.05. The van der Waals surface area contributed by atoms with E-state index < -0.39 is 0 Å². The number of hydrogen-bond donors (Lipinski definition) is 0. The van der Waals surface area contributed by atoms with E-state index in [9.17, 15) is 0 Å². The Hall–Kier alpha value is -2.29. The first-order chi connectivity index (χ1) is 10.8. The van der Waals surface area contributed by atoms with Crippen molar-refractivity contribution < 1.29 is 9.47 Å². The molecule has 1 radical (unpaired) electrons. The highest BCUT2D eigenvalue weighted by Crippen LogP contribution is 2.32. The number of rotatable bonds is 5. The Balaban J connectivity index is 1.78. The minimum Gasteiger partial charge on any atom is -0.493 e. The number of hydrogen-bond acceptors (Lipinski definition) is 3. The number of methoxy groups -OCH3 is 1. The zero-order valence-electron chi connectivity index (χ0n) is 12.8. The maximum atomic E-state index is 6.10. The number of aromatic nitrogens is 1. The summed E-state index contributed by atoms with van der Waals surface area (Å²) < 4.78 is 11.5. The first-order valence-electron chi connectivity index (χ1n) is 7.69. The van der Waals surface area contributed by atoms with E-state index in [1.807, 2.05) is 36.4 Å². The van der Waals surface area contributed by atoms with Gasteiger partial charge in [0.1, 0.15) is 0 Å². The van der Waals surface area contributed by atoms with Crippen molar-refractivity contribution in [3.63, 3.8) is 0 Å². The molecule has 1 saturated carbocycles. The molecule has 0 aliphatic heterocycles. The van der Waals surface area contributed by atoms with Crippen molar-refractivity contribution in [2.75, 3.05) is 7.11 Å². The summed E-state index contributed by atoms with van der Waals surface area (Å²) in [7, 11) is 1.67. The highest BCUT2D eigenvalue weighted by molar-refractivity contribution is 5.52. The van der Waals surface area contributed by atoms with Gasteiger partial charge in [0.05, 0.1) is 13.2 Å². The third-order valence-corrected chi connectivity index (χ3v) is 3.87. The van der Waals surface area contributed by atoms with Gasteiger partial charge in [0.2, 0.25) is 0 Å². The predicted molar refractivity (Wildman–Crippen MR) is 86.9 cm³/mol. The molecule has 1 aromatic heterocycles. The molecule has 113 valence electrons. The van der Waals surface area contributed by atoms with Crippen LogP contribution in [0.15, 0.2) is 42.7 Å². The van der Waals surface area contributed by atoms with Crippen molar-refractivity contribution in [1.29, 1.82) is 0 Å². The van der Waals surface area contributed by atoms with E-state index in [0.29, 0.717) is 6.10 Å². The average molecular weight is 294 g/mol. The quantitative estimate of drug-likeness (QED) is 0.825. The van der Waals surface area contributed by atoms with Gasteiger partial charge in [-0.1, -0.05) is 6.07 Å². The highest BCUT2D eigenvalue weighted by atomic mass is 16.5. The molecule has 3 nitrogen and oxygen atoms in total. The molecule has 0 spiro atoms. The maximum Gasteiger partial charge on any atom is 0.162 e. The molecule has 0 bridgehead atoms. The molecule has 3 heteroatoms. The molecule has 2 aromatic rings. The Bertz CT molecular complexity index is 631. The van der Waals surface area contributed by atoms with Gasteiger partial charge in [-0.05, 0) is 73.2 Å². The maximum absolute atomic E-state index is 6.10. The molecule has 0 saturated heterocycles. The van der Waals surface area contributed by atoms with Crippen LogP contribution < -0.4 is 9.47 Å². The second-order valence-electron chi connectivity index (χ2n) is 5.46. The molecule has 0 N–H and O–H groups in total. The van der Waals surface area contributed by atoms with Gasteiger partial charge in [0.15, 0.2) is 11.5 Å². The second-order valence-corrected chi connectivity index (χ2v) is 5.46. The SMILES string of the molecule is COc1ccc([C]=Cc2ccncc2)cc1OC1CCCC1. The van der Waals surface area contributed by atoms with Crippen LogP contribution in [0.3, 0.4) is 0 Å². The minimum atomic E-state index is 0.313. The van der Waals surface area contributed by atoms with Gasteiger partial charge in [0, 0.05) is 12.4 Å². The molecule has 3 rings (SSSR count). The van der Waals surface area contributed by atoms with Crippen LogP contribution in [0.4, 0.5) is 0 Å². The monoisotopic (exact) mass is 294 g/mol. The van der Waals surface area contributed by atoms with Crippen LogP contribution >= 0.6 is 0 Å². The number of pyridine rings is 1. The van der Waals surface area contributed by atoms with Gasteiger partial charge < -0.3 is 9.47 Å². The van der Waals surface area contributed by atoms with Crippen LogP contribution in [-0.4, -0.2) is 18.2 Å². The van der Waals surface area contributed by atoms with E-state index in [1.54, 1.807) is 19.5 Å². The Morgan fingerprint density at radius 3 is 2.59 bits per heavy atom. The summed E-state index contributed by atoms with van der Waals surface area (Å²) in [4.78, 5) is 4.01.